The van der Waals surface area contributed by atoms with Gasteiger partial charge >= 0.3 is 0 Å². The number of rotatable bonds is 3. The van der Waals surface area contributed by atoms with E-state index in [4.69, 9.17) is 0 Å². The van der Waals surface area contributed by atoms with Gasteiger partial charge in [-0.1, -0.05) is 5.10 Å². The van der Waals surface area contributed by atoms with Crippen molar-refractivity contribution in [2.75, 3.05) is 6.26 Å². The summed E-state index contributed by atoms with van der Waals surface area (Å²) in [6.45, 7) is 2.04. The van der Waals surface area contributed by atoms with E-state index < -0.39 is 0 Å². The fraction of sp³-hybridized carbons (Fsp3) is 0.125. The molecule has 0 amide bonds. The molecule has 4 nitrogen and oxygen atoms in total. The van der Waals surface area contributed by atoms with Crippen LogP contribution < -0.4 is 5.43 Å². The molecule has 1 aliphatic rings. The second kappa shape index (κ2) is 5.39. The Balaban J connectivity index is 1.85. The first-order valence-electron chi connectivity index (χ1n) is 6.96. The summed E-state index contributed by atoms with van der Waals surface area (Å²) in [6.07, 6.45) is 8.27. The smallest absolute Gasteiger partial charge is 0.137 e. The number of thioether (sulfide) groups is 1. The zero-order valence-corrected chi connectivity index (χ0v) is 13.9. The first-order chi connectivity index (χ1) is 10.8. The van der Waals surface area contributed by atoms with Crippen molar-refractivity contribution < 1.29 is 5.43 Å². The second-order valence-electron chi connectivity index (χ2n) is 5.06. The van der Waals surface area contributed by atoms with E-state index >= 15 is 0 Å². The van der Waals surface area contributed by atoms with Gasteiger partial charge in [-0.05, 0) is 37.4 Å². The standard InChI is InChI=1S/C16H14N4S2/c1-10-12(7-18-19-10)11-3-5-15-17-8-13(20(15)9-11)14-4-6-16(21-2)22-14/h3-9H,1-2H3,(H,18,19)/p+1. The molecule has 3 aromatic rings. The number of fused-ring (bicyclic) bond motifs is 1. The lowest BCUT2D eigenvalue weighted by atomic mass is 10.1. The lowest BCUT2D eigenvalue weighted by Gasteiger charge is -2.04. The molecule has 0 atom stereocenters. The molecule has 0 spiro atoms. The van der Waals surface area contributed by atoms with Crippen molar-refractivity contribution in [3.8, 4) is 10.6 Å². The van der Waals surface area contributed by atoms with Crippen LogP contribution in [0.1, 0.15) is 12.5 Å². The topological polar surface area (TPSA) is 46.3 Å². The predicted molar refractivity (Wildman–Crippen MR) is 93.3 cm³/mol. The fourth-order valence-electron chi connectivity index (χ4n) is 2.61. The van der Waals surface area contributed by atoms with Gasteiger partial charge in [0.15, 0.2) is 0 Å². The summed E-state index contributed by atoms with van der Waals surface area (Å²) in [5.74, 6) is 0. The van der Waals surface area contributed by atoms with Gasteiger partial charge < -0.3 is 0 Å². The molecule has 4 rings (SSSR count). The number of pyridine rings is 1. The van der Waals surface area contributed by atoms with Crippen LogP contribution in [0.25, 0.3) is 21.8 Å². The van der Waals surface area contributed by atoms with E-state index in [0.29, 0.717) is 0 Å². The zero-order valence-electron chi connectivity index (χ0n) is 12.3. The maximum Gasteiger partial charge on any atom is 0.137 e. The molecular formula is C16H15N4S2+. The monoisotopic (exact) mass is 327 g/mol. The molecule has 0 aromatic carbocycles. The Bertz CT molecular complexity index is 917. The average Bonchev–Trinajstić information content (AvgIpc) is 3.24. The highest BCUT2D eigenvalue weighted by Gasteiger charge is 2.16. The lowest BCUT2D eigenvalue weighted by molar-refractivity contribution is -0.589. The highest BCUT2D eigenvalue weighted by molar-refractivity contribution is 8.00. The first-order valence-corrected chi connectivity index (χ1v) is 9.00. The van der Waals surface area contributed by atoms with E-state index in [1.165, 1.54) is 20.2 Å². The van der Waals surface area contributed by atoms with Crippen molar-refractivity contribution >= 4 is 40.0 Å². The number of aromatic nitrogens is 2. The molecule has 0 saturated carbocycles. The van der Waals surface area contributed by atoms with Crippen molar-refractivity contribution in [2.24, 2.45) is 5.10 Å². The number of hydrogen-bond donors (Lipinski definition) is 1. The van der Waals surface area contributed by atoms with E-state index in [1.807, 2.05) is 18.5 Å². The average molecular weight is 327 g/mol. The Kier molecular flexibility index (Phi) is 3.37. The van der Waals surface area contributed by atoms with E-state index in [9.17, 15) is 0 Å². The van der Waals surface area contributed by atoms with Gasteiger partial charge in [0.1, 0.15) is 17.6 Å². The van der Waals surface area contributed by atoms with Gasteiger partial charge in [-0.3, -0.25) is 4.40 Å². The van der Waals surface area contributed by atoms with Crippen LogP contribution in [-0.2, 0) is 0 Å². The number of hydrogen-bond acceptors (Lipinski definition) is 4. The number of nitrogens with two attached hydrogens (primary N) is 1. The second-order valence-corrected chi connectivity index (χ2v) is 7.25. The molecule has 1 aliphatic heterocycles. The third-order valence-corrected chi connectivity index (χ3v) is 5.94. The maximum atomic E-state index is 4.52. The maximum absolute atomic E-state index is 4.52. The van der Waals surface area contributed by atoms with Gasteiger partial charge in [-0.2, -0.15) is 5.43 Å². The summed E-state index contributed by atoms with van der Waals surface area (Å²) in [6, 6.07) is 8.51. The number of nitrogens with zero attached hydrogens (tertiary/aromatic N) is 3. The van der Waals surface area contributed by atoms with Gasteiger partial charge in [0.25, 0.3) is 0 Å². The molecule has 0 fully saturated rings. The van der Waals surface area contributed by atoms with Crippen LogP contribution in [0.2, 0.25) is 0 Å². The molecule has 0 unspecified atom stereocenters. The first kappa shape index (κ1) is 13.8. The quantitative estimate of drug-likeness (QED) is 0.593. The van der Waals surface area contributed by atoms with Crippen LogP contribution in [0, 0.1) is 0 Å². The van der Waals surface area contributed by atoms with E-state index in [2.05, 4.69) is 57.4 Å². The molecule has 4 heterocycles. The van der Waals surface area contributed by atoms with Crippen LogP contribution in [0.3, 0.4) is 0 Å². The van der Waals surface area contributed by atoms with Crippen LogP contribution in [-0.4, -0.2) is 21.4 Å². The molecule has 2 N–H and O–H groups in total. The summed E-state index contributed by atoms with van der Waals surface area (Å²) in [7, 11) is 0. The Hall–Kier alpha value is -1.89. The van der Waals surface area contributed by atoms with Crippen LogP contribution >= 0.6 is 23.1 Å². The third kappa shape index (κ3) is 2.20. The molecule has 0 bridgehead atoms. The van der Waals surface area contributed by atoms with Crippen LogP contribution in [0.15, 0.2) is 52.2 Å². The van der Waals surface area contributed by atoms with Crippen molar-refractivity contribution in [1.29, 1.82) is 0 Å². The van der Waals surface area contributed by atoms with Gasteiger partial charge in [-0.25, -0.2) is 4.98 Å². The van der Waals surface area contributed by atoms with E-state index in [1.54, 1.807) is 23.1 Å². The van der Waals surface area contributed by atoms with Gasteiger partial charge in [0, 0.05) is 11.8 Å². The van der Waals surface area contributed by atoms with Gasteiger partial charge in [0.2, 0.25) is 0 Å². The third-order valence-electron chi connectivity index (χ3n) is 3.75. The minimum Gasteiger partial charge on any atom is -0.298 e. The van der Waals surface area contributed by atoms with Crippen molar-refractivity contribution in [3.05, 3.63) is 48.4 Å². The molecule has 0 radical (unpaired) electrons. The zero-order chi connectivity index (χ0) is 15.1. The Labute approximate surface area is 136 Å². The van der Waals surface area contributed by atoms with Gasteiger partial charge in [0.05, 0.1) is 26.6 Å². The van der Waals surface area contributed by atoms with Crippen molar-refractivity contribution in [1.82, 2.24) is 9.38 Å². The van der Waals surface area contributed by atoms with E-state index in [-0.39, 0.29) is 0 Å². The highest BCUT2D eigenvalue weighted by Crippen LogP contribution is 2.33. The Morgan fingerprint density at radius 2 is 2.14 bits per heavy atom. The summed E-state index contributed by atoms with van der Waals surface area (Å²) in [5, 5.41) is 4.33. The number of quaternary nitrogens is 1. The molecule has 6 heteroatoms. The summed E-state index contributed by atoms with van der Waals surface area (Å²) >= 11 is 3.58. The SMILES string of the molecule is CSc1ccc(-c2cnc3ccc(C4=C[NH2+]N=C4C)cn23)s1. The highest BCUT2D eigenvalue weighted by atomic mass is 32.2. The Morgan fingerprint density at radius 3 is 2.86 bits per heavy atom. The summed E-state index contributed by atoms with van der Waals surface area (Å²) < 4.78 is 3.48. The van der Waals surface area contributed by atoms with E-state index in [0.717, 1.165) is 17.1 Å². The normalized spacial score (nSPS) is 14.5. The number of thiophene rings is 1. The van der Waals surface area contributed by atoms with Gasteiger partial charge in [-0.15, -0.1) is 23.1 Å². The minimum absolute atomic E-state index is 0.968. The molecule has 0 aliphatic carbocycles. The molecular weight excluding hydrogens is 312 g/mol. The lowest BCUT2D eigenvalue weighted by Crippen LogP contribution is -2.69. The molecule has 22 heavy (non-hydrogen) atoms. The van der Waals surface area contributed by atoms with Crippen molar-refractivity contribution in [2.45, 2.75) is 11.1 Å². The Morgan fingerprint density at radius 1 is 1.23 bits per heavy atom. The predicted octanol–water partition coefficient (Wildman–Crippen LogP) is 3.08. The minimum atomic E-state index is 0.968. The fourth-order valence-corrected chi connectivity index (χ4v) is 4.16. The van der Waals surface area contributed by atoms with Crippen LogP contribution in [0.5, 0.6) is 0 Å². The summed E-state index contributed by atoms with van der Waals surface area (Å²) in [4.78, 5) is 5.76. The molecule has 0 saturated heterocycles. The number of allylic oxidation sites excluding steroid dienone is 1. The molecule has 3 aromatic heterocycles. The van der Waals surface area contributed by atoms with Crippen LogP contribution in [0.4, 0.5) is 0 Å². The summed E-state index contributed by atoms with van der Waals surface area (Å²) in [5.41, 5.74) is 7.37. The number of imidazole rings is 1. The largest absolute Gasteiger partial charge is 0.298 e. The van der Waals surface area contributed by atoms with Crippen molar-refractivity contribution in [3.63, 3.8) is 0 Å². The molecule has 110 valence electrons.